The quantitative estimate of drug-likeness (QED) is 0.312. The van der Waals surface area contributed by atoms with Gasteiger partial charge in [-0.25, -0.2) is 9.18 Å². The molecule has 0 radical (unpaired) electrons. The molecule has 216 valence electrons. The molecule has 1 spiro atoms. The second-order valence-corrected chi connectivity index (χ2v) is 14.0. The first kappa shape index (κ1) is 28.7. The highest BCUT2D eigenvalue weighted by atomic mass is 35.5. The minimum Gasteiger partial charge on any atom is -0.460 e. The van der Waals surface area contributed by atoms with E-state index < -0.39 is 23.1 Å². The van der Waals surface area contributed by atoms with Crippen LogP contribution in [0, 0.1) is 24.1 Å². The molecule has 7 nitrogen and oxygen atoms in total. The number of halogens is 2. The van der Waals surface area contributed by atoms with Crippen LogP contribution in [-0.2, 0) is 20.7 Å². The van der Waals surface area contributed by atoms with E-state index in [2.05, 4.69) is 4.90 Å². The van der Waals surface area contributed by atoms with Crippen LogP contribution in [0.3, 0.4) is 0 Å². The van der Waals surface area contributed by atoms with Gasteiger partial charge in [0, 0.05) is 50.3 Å². The molecule has 40 heavy (non-hydrogen) atoms. The van der Waals surface area contributed by atoms with Crippen molar-refractivity contribution in [3.05, 3.63) is 39.9 Å². The number of amides is 1. The van der Waals surface area contributed by atoms with E-state index >= 15 is 4.39 Å². The number of rotatable bonds is 4. The number of carbonyl (C=O) groups is 2. The summed E-state index contributed by atoms with van der Waals surface area (Å²) in [6, 6.07) is 1.31. The van der Waals surface area contributed by atoms with Crippen LogP contribution < -0.4 is 9.80 Å². The van der Waals surface area contributed by atoms with Gasteiger partial charge in [-0.3, -0.25) is 14.7 Å². The van der Waals surface area contributed by atoms with E-state index in [1.807, 2.05) is 33.9 Å². The predicted molar refractivity (Wildman–Crippen MR) is 155 cm³/mol. The molecule has 3 aliphatic rings. The first-order valence-corrected chi connectivity index (χ1v) is 14.3. The molecule has 9 heteroatoms. The monoisotopic (exact) mass is 571 g/mol. The van der Waals surface area contributed by atoms with Crippen molar-refractivity contribution >= 4 is 35.0 Å². The summed E-state index contributed by atoms with van der Waals surface area (Å²) in [5, 5.41) is 0.0341. The zero-order valence-electron chi connectivity index (χ0n) is 24.7. The standard InChI is InChI=1S/C31H39ClFN3O4/c1-17-15-34-21-12-19-22(35(8)28(38)40-30(5,6)7)13-20(33)26(32)24(19)25(21)27(17)36-10-9-31(16-36)14-18(31)11-23(37)39-29(2,3)4/h13,15,18H,9-12,14,16H2,1-8H3/t18-,31+/m1/s1. The van der Waals surface area contributed by atoms with Gasteiger partial charge >= 0.3 is 12.1 Å². The summed E-state index contributed by atoms with van der Waals surface area (Å²) in [5.74, 6) is -0.444. The molecule has 1 amide bonds. The Morgan fingerprint density at radius 3 is 2.50 bits per heavy atom. The van der Waals surface area contributed by atoms with Gasteiger partial charge in [0.15, 0.2) is 0 Å². The molecule has 1 saturated heterocycles. The second kappa shape index (κ2) is 9.61. The summed E-state index contributed by atoms with van der Waals surface area (Å²) < 4.78 is 26.5. The van der Waals surface area contributed by atoms with Crippen molar-refractivity contribution in [1.82, 2.24) is 4.98 Å². The number of anilines is 2. The summed E-state index contributed by atoms with van der Waals surface area (Å²) >= 11 is 6.65. The van der Waals surface area contributed by atoms with Gasteiger partial charge in [0.25, 0.3) is 0 Å². The number of aromatic nitrogens is 1. The first-order chi connectivity index (χ1) is 18.5. The third-order valence-corrected chi connectivity index (χ3v) is 8.50. The van der Waals surface area contributed by atoms with E-state index in [4.69, 9.17) is 26.1 Å². The van der Waals surface area contributed by atoms with Gasteiger partial charge < -0.3 is 14.4 Å². The maximum absolute atomic E-state index is 15.3. The van der Waals surface area contributed by atoms with Gasteiger partial charge in [-0.1, -0.05) is 11.6 Å². The highest BCUT2D eigenvalue weighted by Crippen LogP contribution is 2.62. The third-order valence-electron chi connectivity index (χ3n) is 8.13. The van der Waals surface area contributed by atoms with Gasteiger partial charge in [-0.2, -0.15) is 0 Å². The zero-order valence-corrected chi connectivity index (χ0v) is 25.5. The summed E-state index contributed by atoms with van der Waals surface area (Å²) in [6.07, 6.45) is 4.12. The van der Waals surface area contributed by atoms with E-state index in [9.17, 15) is 9.59 Å². The lowest BCUT2D eigenvalue weighted by molar-refractivity contribution is -0.155. The minimum atomic E-state index is -0.690. The molecule has 0 N–H and O–H groups in total. The topological polar surface area (TPSA) is 72.0 Å². The fourth-order valence-electron chi connectivity index (χ4n) is 6.32. The van der Waals surface area contributed by atoms with Gasteiger partial charge in [0.05, 0.1) is 22.1 Å². The number of pyridine rings is 1. The Morgan fingerprint density at radius 1 is 1.18 bits per heavy atom. The van der Waals surface area contributed by atoms with Crippen molar-refractivity contribution in [1.29, 1.82) is 0 Å². The summed E-state index contributed by atoms with van der Waals surface area (Å²) in [4.78, 5) is 33.8. The van der Waals surface area contributed by atoms with Crippen molar-refractivity contribution < 1.29 is 23.5 Å². The number of aryl methyl sites for hydroxylation is 1. The van der Waals surface area contributed by atoms with Crippen LogP contribution in [0.1, 0.15) is 77.6 Å². The molecule has 1 aliphatic heterocycles. The SMILES string of the molecule is Cc1cnc2c(c1N1CC[C@]3(C[C@H]3CC(=O)OC(C)(C)C)C1)-c1c(Cl)c(F)cc(N(C)C(=O)OC(C)(C)C)c1C2. The van der Waals surface area contributed by atoms with Crippen LogP contribution >= 0.6 is 11.6 Å². The van der Waals surface area contributed by atoms with Crippen molar-refractivity contribution in [2.45, 2.75) is 85.4 Å². The number of nitrogens with zero attached hydrogens (tertiary/aromatic N) is 3. The normalized spacial score (nSPS) is 21.4. The number of hydrogen-bond acceptors (Lipinski definition) is 6. The van der Waals surface area contributed by atoms with Gasteiger partial charge in [0.1, 0.15) is 17.0 Å². The van der Waals surface area contributed by atoms with Gasteiger partial charge in [-0.15, -0.1) is 0 Å². The lowest BCUT2D eigenvalue weighted by Gasteiger charge is -2.27. The number of benzene rings is 1. The lowest BCUT2D eigenvalue weighted by atomic mass is 10.00. The molecule has 0 bridgehead atoms. The lowest BCUT2D eigenvalue weighted by Crippen LogP contribution is -2.34. The Labute approximate surface area is 241 Å². The average molecular weight is 572 g/mol. The molecule has 1 aromatic carbocycles. The van der Waals surface area contributed by atoms with Crippen LogP contribution in [0.2, 0.25) is 5.02 Å². The molecule has 0 unspecified atom stereocenters. The van der Waals surface area contributed by atoms with Crippen LogP contribution in [0.5, 0.6) is 0 Å². The number of ether oxygens (including phenoxy) is 2. The number of carbonyl (C=O) groups excluding carboxylic acids is 2. The van der Waals surface area contributed by atoms with Crippen LogP contribution in [-0.4, -0.2) is 48.4 Å². The average Bonchev–Trinajstić information content (AvgIpc) is 3.13. The second-order valence-electron chi connectivity index (χ2n) is 13.6. The summed E-state index contributed by atoms with van der Waals surface area (Å²) in [7, 11) is 1.59. The van der Waals surface area contributed by atoms with Gasteiger partial charge in [0.2, 0.25) is 0 Å². The highest BCUT2D eigenvalue weighted by molar-refractivity contribution is 6.34. The van der Waals surface area contributed by atoms with Crippen LogP contribution in [0.25, 0.3) is 11.1 Å². The molecule has 2 atom stereocenters. The zero-order chi connectivity index (χ0) is 29.4. The van der Waals surface area contributed by atoms with E-state index in [0.717, 1.165) is 54.0 Å². The Morgan fingerprint density at radius 2 is 1.85 bits per heavy atom. The predicted octanol–water partition coefficient (Wildman–Crippen LogP) is 7.07. The molecular formula is C31H39ClFN3O4. The van der Waals surface area contributed by atoms with E-state index in [-0.39, 0.29) is 16.4 Å². The molecule has 5 rings (SSSR count). The largest absolute Gasteiger partial charge is 0.460 e. The number of esters is 1. The van der Waals surface area contributed by atoms with E-state index in [1.165, 1.54) is 11.0 Å². The van der Waals surface area contributed by atoms with Crippen molar-refractivity contribution in [3.63, 3.8) is 0 Å². The Balaban J connectivity index is 1.46. The van der Waals surface area contributed by atoms with Crippen molar-refractivity contribution in [2.75, 3.05) is 29.9 Å². The Kier molecular flexibility index (Phi) is 6.88. The van der Waals surface area contributed by atoms with Crippen molar-refractivity contribution in [3.8, 4) is 11.1 Å². The van der Waals surface area contributed by atoms with Crippen LogP contribution in [0.4, 0.5) is 20.6 Å². The maximum Gasteiger partial charge on any atom is 0.414 e. The molecule has 2 aliphatic carbocycles. The summed E-state index contributed by atoms with van der Waals surface area (Å²) in [5.41, 5.74) is 4.30. The maximum atomic E-state index is 15.3. The molecule has 1 saturated carbocycles. The first-order valence-electron chi connectivity index (χ1n) is 13.9. The highest BCUT2D eigenvalue weighted by Gasteiger charge is 2.58. The number of hydrogen-bond donors (Lipinski definition) is 0. The Hall–Kier alpha value is -2.87. The van der Waals surface area contributed by atoms with Crippen molar-refractivity contribution in [2.24, 2.45) is 11.3 Å². The smallest absolute Gasteiger partial charge is 0.414 e. The fraction of sp³-hybridized carbons (Fsp3) is 0.581. The molecule has 2 heterocycles. The number of fused-ring (bicyclic) bond motifs is 3. The molecule has 2 fully saturated rings. The minimum absolute atomic E-state index is 0.0341. The molecule has 2 aromatic rings. The fourth-order valence-corrected chi connectivity index (χ4v) is 6.58. The van der Waals surface area contributed by atoms with E-state index in [0.29, 0.717) is 30.0 Å². The van der Waals surface area contributed by atoms with E-state index in [1.54, 1.807) is 27.8 Å². The van der Waals surface area contributed by atoms with Crippen LogP contribution in [0.15, 0.2) is 12.3 Å². The summed E-state index contributed by atoms with van der Waals surface area (Å²) in [6.45, 7) is 14.7. The molecule has 1 aromatic heterocycles. The molecular weight excluding hydrogens is 533 g/mol. The Bertz CT molecular complexity index is 1400. The third kappa shape index (κ3) is 5.27. The van der Waals surface area contributed by atoms with Gasteiger partial charge in [-0.05, 0) is 89.8 Å².